The van der Waals surface area contributed by atoms with E-state index in [2.05, 4.69) is 38.1 Å². The van der Waals surface area contributed by atoms with Gasteiger partial charge in [-0.05, 0) is 37.3 Å². The zero-order valence-electron chi connectivity index (χ0n) is 8.55. The van der Waals surface area contributed by atoms with Gasteiger partial charge in [0.05, 0.1) is 0 Å². The van der Waals surface area contributed by atoms with Crippen LogP contribution in [0.2, 0.25) is 0 Å². The van der Waals surface area contributed by atoms with Gasteiger partial charge >= 0.3 is 0 Å². The van der Waals surface area contributed by atoms with E-state index in [9.17, 15) is 0 Å². The number of hydrogen-bond donors (Lipinski definition) is 0. The van der Waals surface area contributed by atoms with E-state index in [1.807, 2.05) is 0 Å². The van der Waals surface area contributed by atoms with Crippen LogP contribution in [0, 0.1) is 6.92 Å². The van der Waals surface area contributed by atoms with Gasteiger partial charge in [0.25, 0.3) is 0 Å². The van der Waals surface area contributed by atoms with Crippen molar-refractivity contribution in [1.29, 1.82) is 0 Å². The van der Waals surface area contributed by atoms with Crippen LogP contribution in [-0.2, 0) is 12.8 Å². The Morgan fingerprint density at radius 2 is 1.77 bits per heavy atom. The molecule has 0 spiro atoms. The molecule has 0 bridgehead atoms. The second-order valence-electron chi connectivity index (χ2n) is 3.48. The molecule has 0 N–H and O–H groups in total. The molecule has 13 heavy (non-hydrogen) atoms. The average molecular weight is 175 g/mol. The molecule has 0 aliphatic rings. The molecule has 1 rings (SSSR count). The summed E-state index contributed by atoms with van der Waals surface area (Å²) in [5.41, 5.74) is 2.91. The summed E-state index contributed by atoms with van der Waals surface area (Å²) in [6, 6.07) is 8.65. The minimum absolute atomic E-state index is 0.919. The van der Waals surface area contributed by atoms with Crippen LogP contribution in [0.15, 0.2) is 24.3 Å². The van der Waals surface area contributed by atoms with E-state index in [0.29, 0.717) is 0 Å². The van der Waals surface area contributed by atoms with Gasteiger partial charge in [-0.1, -0.05) is 44.0 Å². The topological polar surface area (TPSA) is 0 Å². The predicted molar refractivity (Wildman–Crippen MR) is 58.7 cm³/mol. The molecule has 0 fully saturated rings. The van der Waals surface area contributed by atoms with Gasteiger partial charge < -0.3 is 0 Å². The molecular formula is C13H19. The molecule has 71 valence electrons. The number of hydrogen-bond acceptors (Lipinski definition) is 0. The zero-order chi connectivity index (χ0) is 9.52. The third-order valence-corrected chi connectivity index (χ3v) is 2.44. The molecule has 1 aromatic rings. The molecule has 1 radical (unpaired) electrons. The normalized spacial score (nSPS) is 10.3. The van der Waals surface area contributed by atoms with Crippen LogP contribution in [0.1, 0.15) is 37.3 Å². The van der Waals surface area contributed by atoms with Crippen LogP contribution in [0.3, 0.4) is 0 Å². The van der Waals surface area contributed by atoms with Crippen LogP contribution in [0.4, 0.5) is 0 Å². The van der Waals surface area contributed by atoms with E-state index in [1.54, 1.807) is 0 Å². The molecule has 0 unspecified atom stereocenters. The Kier molecular flexibility index (Phi) is 4.59. The quantitative estimate of drug-likeness (QED) is 0.597. The summed E-state index contributed by atoms with van der Waals surface area (Å²) < 4.78 is 0. The fraction of sp³-hybridized carbons (Fsp3) is 0.462. The largest absolute Gasteiger partial charge is 0.0654 e. The number of benzene rings is 1. The van der Waals surface area contributed by atoms with Crippen molar-refractivity contribution in [3.05, 3.63) is 42.3 Å². The second kappa shape index (κ2) is 5.80. The lowest BCUT2D eigenvalue weighted by Gasteiger charge is -2.06. The van der Waals surface area contributed by atoms with E-state index in [4.69, 9.17) is 0 Å². The highest BCUT2D eigenvalue weighted by Gasteiger charge is 1.98. The van der Waals surface area contributed by atoms with Gasteiger partial charge in [0.1, 0.15) is 0 Å². The van der Waals surface area contributed by atoms with Gasteiger partial charge in [0.2, 0.25) is 0 Å². The maximum absolute atomic E-state index is 3.94. The smallest absolute Gasteiger partial charge is 0.0276 e. The Hall–Kier alpha value is -0.780. The fourth-order valence-corrected chi connectivity index (χ4v) is 1.61. The number of rotatable bonds is 5. The van der Waals surface area contributed by atoms with Crippen molar-refractivity contribution in [3.8, 4) is 0 Å². The first-order chi connectivity index (χ1) is 6.38. The van der Waals surface area contributed by atoms with Crippen molar-refractivity contribution in [2.24, 2.45) is 0 Å². The molecule has 1 aromatic carbocycles. The summed E-state index contributed by atoms with van der Waals surface area (Å²) in [7, 11) is 0. The Bertz CT molecular complexity index is 238. The molecule has 0 saturated heterocycles. The van der Waals surface area contributed by atoms with Crippen molar-refractivity contribution in [2.45, 2.75) is 39.0 Å². The first kappa shape index (κ1) is 10.3. The lowest BCUT2D eigenvalue weighted by Crippen LogP contribution is -1.92. The van der Waals surface area contributed by atoms with E-state index < -0.39 is 0 Å². The first-order valence-corrected chi connectivity index (χ1v) is 5.24. The average Bonchev–Trinajstić information content (AvgIpc) is 2.19. The van der Waals surface area contributed by atoms with Gasteiger partial charge in [0.15, 0.2) is 0 Å². The highest BCUT2D eigenvalue weighted by molar-refractivity contribution is 5.27. The molecule has 0 saturated carbocycles. The van der Waals surface area contributed by atoms with Crippen molar-refractivity contribution >= 4 is 0 Å². The summed E-state index contributed by atoms with van der Waals surface area (Å²) in [6.45, 7) is 6.19. The summed E-state index contributed by atoms with van der Waals surface area (Å²) in [5, 5.41) is 0. The maximum atomic E-state index is 3.94. The van der Waals surface area contributed by atoms with Gasteiger partial charge in [0, 0.05) is 0 Å². The lowest BCUT2D eigenvalue weighted by molar-refractivity contribution is 0.714. The van der Waals surface area contributed by atoms with Gasteiger partial charge in [-0.25, -0.2) is 0 Å². The molecule has 0 nitrogen and oxygen atoms in total. The Balaban J connectivity index is 2.54. The second-order valence-corrected chi connectivity index (χ2v) is 3.48. The minimum Gasteiger partial charge on any atom is -0.0654 e. The SMILES string of the molecule is [CH2]Cc1ccccc1CCCCC. The van der Waals surface area contributed by atoms with Crippen molar-refractivity contribution in [1.82, 2.24) is 0 Å². The number of unbranched alkanes of at least 4 members (excludes halogenated alkanes) is 2. The van der Waals surface area contributed by atoms with Crippen LogP contribution < -0.4 is 0 Å². The molecule has 0 heteroatoms. The molecule has 0 heterocycles. The van der Waals surface area contributed by atoms with Crippen LogP contribution in [0.5, 0.6) is 0 Å². The van der Waals surface area contributed by atoms with Gasteiger partial charge in [-0.15, -0.1) is 0 Å². The minimum atomic E-state index is 0.919. The highest BCUT2D eigenvalue weighted by atomic mass is 14.0. The first-order valence-electron chi connectivity index (χ1n) is 5.24. The predicted octanol–water partition coefficient (Wildman–Crippen LogP) is 3.80. The molecule has 0 aliphatic heterocycles. The summed E-state index contributed by atoms with van der Waals surface area (Å²) in [6.07, 6.45) is 6.09. The molecular weight excluding hydrogens is 156 g/mol. The molecule has 0 atom stereocenters. The van der Waals surface area contributed by atoms with Crippen molar-refractivity contribution < 1.29 is 0 Å². The Labute approximate surface area is 82.0 Å². The molecule has 0 aliphatic carbocycles. The molecule has 0 amide bonds. The lowest BCUT2D eigenvalue weighted by atomic mass is 10.00. The van der Waals surface area contributed by atoms with Gasteiger partial charge in [-0.2, -0.15) is 0 Å². The van der Waals surface area contributed by atoms with Crippen LogP contribution in [-0.4, -0.2) is 0 Å². The van der Waals surface area contributed by atoms with Crippen LogP contribution in [0.25, 0.3) is 0 Å². The van der Waals surface area contributed by atoms with E-state index in [-0.39, 0.29) is 0 Å². The number of aryl methyl sites for hydroxylation is 1. The third kappa shape index (κ3) is 3.22. The maximum Gasteiger partial charge on any atom is -0.0276 e. The van der Waals surface area contributed by atoms with Crippen LogP contribution >= 0.6 is 0 Å². The zero-order valence-corrected chi connectivity index (χ0v) is 8.55. The third-order valence-electron chi connectivity index (χ3n) is 2.44. The monoisotopic (exact) mass is 175 g/mol. The fourth-order valence-electron chi connectivity index (χ4n) is 1.61. The highest BCUT2D eigenvalue weighted by Crippen LogP contribution is 2.12. The van der Waals surface area contributed by atoms with E-state index in [1.165, 1.54) is 36.8 Å². The summed E-state index contributed by atoms with van der Waals surface area (Å²) in [5.74, 6) is 0. The Morgan fingerprint density at radius 3 is 2.38 bits per heavy atom. The summed E-state index contributed by atoms with van der Waals surface area (Å²) >= 11 is 0. The molecule has 0 aromatic heterocycles. The van der Waals surface area contributed by atoms with E-state index >= 15 is 0 Å². The van der Waals surface area contributed by atoms with Crippen molar-refractivity contribution in [2.75, 3.05) is 0 Å². The summed E-state index contributed by atoms with van der Waals surface area (Å²) in [4.78, 5) is 0. The standard InChI is InChI=1S/C13H19/c1-3-5-6-10-13-11-8-7-9-12(13)4-2/h7-9,11H,2-6,10H2,1H3. The van der Waals surface area contributed by atoms with Gasteiger partial charge in [-0.3, -0.25) is 0 Å². The Morgan fingerprint density at radius 1 is 1.08 bits per heavy atom. The van der Waals surface area contributed by atoms with E-state index in [0.717, 1.165) is 6.42 Å². The van der Waals surface area contributed by atoms with Crippen molar-refractivity contribution in [3.63, 3.8) is 0 Å².